The van der Waals surface area contributed by atoms with E-state index in [1.54, 1.807) is 13.0 Å². The van der Waals surface area contributed by atoms with Gasteiger partial charge in [-0.25, -0.2) is 0 Å². The SMILES string of the molecule is Cc1cc(CNc2nc(C(F)(F)F)ns2)cc(=O)[nH]1. The van der Waals surface area contributed by atoms with E-state index in [0.29, 0.717) is 22.8 Å². The van der Waals surface area contributed by atoms with Crippen LogP contribution < -0.4 is 10.9 Å². The predicted octanol–water partition coefficient (Wildman–Crippen LogP) is 2.17. The Bertz CT molecular complexity index is 634. The van der Waals surface area contributed by atoms with Gasteiger partial charge in [0.1, 0.15) is 0 Å². The first-order valence-corrected chi connectivity index (χ1v) is 5.96. The highest BCUT2D eigenvalue weighted by Gasteiger charge is 2.36. The van der Waals surface area contributed by atoms with Crippen molar-refractivity contribution < 1.29 is 13.2 Å². The standard InChI is InChI=1S/C10H9F3N4OS/c1-5-2-6(3-7(18)15-5)4-14-9-16-8(17-19-9)10(11,12)13/h2-3H,4H2,1H3,(H,15,18)(H,14,16,17). The van der Waals surface area contributed by atoms with E-state index in [4.69, 9.17) is 0 Å². The van der Waals surface area contributed by atoms with E-state index in [9.17, 15) is 18.0 Å². The number of rotatable bonds is 3. The Kier molecular flexibility index (Phi) is 3.56. The highest BCUT2D eigenvalue weighted by atomic mass is 32.1. The zero-order valence-corrected chi connectivity index (χ0v) is 10.5. The molecule has 102 valence electrons. The lowest BCUT2D eigenvalue weighted by molar-refractivity contribution is -0.144. The van der Waals surface area contributed by atoms with Crippen LogP contribution in [0.5, 0.6) is 0 Å². The van der Waals surface area contributed by atoms with Gasteiger partial charge in [-0.05, 0) is 18.6 Å². The Morgan fingerprint density at radius 3 is 2.74 bits per heavy atom. The van der Waals surface area contributed by atoms with Gasteiger partial charge in [0.15, 0.2) is 0 Å². The highest BCUT2D eigenvalue weighted by molar-refractivity contribution is 7.09. The van der Waals surface area contributed by atoms with E-state index in [1.165, 1.54) is 6.07 Å². The lowest BCUT2D eigenvalue weighted by Gasteiger charge is -2.03. The number of hydrogen-bond donors (Lipinski definition) is 2. The topological polar surface area (TPSA) is 70.7 Å². The van der Waals surface area contributed by atoms with Crippen LogP contribution in [0.4, 0.5) is 18.3 Å². The van der Waals surface area contributed by atoms with Crippen molar-refractivity contribution in [1.29, 1.82) is 0 Å². The van der Waals surface area contributed by atoms with E-state index in [-0.39, 0.29) is 17.2 Å². The fourth-order valence-corrected chi connectivity index (χ4v) is 2.03. The van der Waals surface area contributed by atoms with Crippen LogP contribution in [0, 0.1) is 6.92 Å². The summed E-state index contributed by atoms with van der Waals surface area (Å²) in [5, 5.41) is 2.76. The normalized spacial score (nSPS) is 11.6. The molecule has 19 heavy (non-hydrogen) atoms. The summed E-state index contributed by atoms with van der Waals surface area (Å²) in [5.74, 6) is -1.16. The molecule has 2 heterocycles. The zero-order chi connectivity index (χ0) is 14.0. The number of pyridine rings is 1. The van der Waals surface area contributed by atoms with Gasteiger partial charge in [-0.1, -0.05) is 0 Å². The fraction of sp³-hybridized carbons (Fsp3) is 0.300. The molecule has 0 radical (unpaired) electrons. The number of halogens is 3. The van der Waals surface area contributed by atoms with Crippen LogP contribution in [0.2, 0.25) is 0 Å². The Hall–Kier alpha value is -1.90. The minimum Gasteiger partial charge on any atom is -0.356 e. The van der Waals surface area contributed by atoms with E-state index in [1.807, 2.05) is 0 Å². The van der Waals surface area contributed by atoms with Crippen molar-refractivity contribution in [2.45, 2.75) is 19.6 Å². The smallest absolute Gasteiger partial charge is 0.356 e. The van der Waals surface area contributed by atoms with E-state index < -0.39 is 12.0 Å². The molecule has 0 amide bonds. The third-order valence-electron chi connectivity index (χ3n) is 2.16. The van der Waals surface area contributed by atoms with Crippen LogP contribution in [0.25, 0.3) is 0 Å². The maximum Gasteiger partial charge on any atom is 0.452 e. The first-order chi connectivity index (χ1) is 8.84. The second-order valence-electron chi connectivity index (χ2n) is 3.81. The molecule has 0 saturated carbocycles. The molecule has 0 aliphatic carbocycles. The van der Waals surface area contributed by atoms with Crippen molar-refractivity contribution >= 4 is 16.7 Å². The molecule has 0 fully saturated rings. The number of hydrogen-bond acceptors (Lipinski definition) is 5. The number of nitrogens with zero attached hydrogens (tertiary/aromatic N) is 2. The summed E-state index contributed by atoms with van der Waals surface area (Å²) < 4.78 is 40.0. The van der Waals surface area contributed by atoms with Crippen LogP contribution in [-0.4, -0.2) is 14.3 Å². The quantitative estimate of drug-likeness (QED) is 0.909. The molecule has 0 aromatic carbocycles. The van der Waals surface area contributed by atoms with Crippen molar-refractivity contribution in [3.63, 3.8) is 0 Å². The molecular formula is C10H9F3N4OS. The van der Waals surface area contributed by atoms with Gasteiger partial charge in [0, 0.05) is 29.8 Å². The van der Waals surface area contributed by atoms with Crippen molar-refractivity contribution in [3.8, 4) is 0 Å². The summed E-state index contributed by atoms with van der Waals surface area (Å²) in [6.45, 7) is 1.93. The van der Waals surface area contributed by atoms with Gasteiger partial charge < -0.3 is 10.3 Å². The minimum atomic E-state index is -4.54. The van der Waals surface area contributed by atoms with Gasteiger partial charge in [0.2, 0.25) is 16.5 Å². The van der Waals surface area contributed by atoms with Crippen molar-refractivity contribution in [2.75, 3.05) is 5.32 Å². The first-order valence-electron chi connectivity index (χ1n) is 5.19. The van der Waals surface area contributed by atoms with Gasteiger partial charge in [0.25, 0.3) is 0 Å². The summed E-state index contributed by atoms with van der Waals surface area (Å²) in [4.78, 5) is 17.1. The summed E-state index contributed by atoms with van der Waals surface area (Å²) >= 11 is 0.626. The zero-order valence-electron chi connectivity index (χ0n) is 9.71. The summed E-state index contributed by atoms with van der Waals surface area (Å²) in [6, 6.07) is 3.09. The van der Waals surface area contributed by atoms with Gasteiger partial charge in [-0.15, -0.1) is 0 Å². The van der Waals surface area contributed by atoms with Gasteiger partial charge >= 0.3 is 6.18 Å². The number of aromatic nitrogens is 3. The third kappa shape index (κ3) is 3.53. The molecule has 0 aliphatic rings. The average molecular weight is 290 g/mol. The number of nitrogens with one attached hydrogen (secondary N) is 2. The lowest BCUT2D eigenvalue weighted by atomic mass is 10.2. The summed E-state index contributed by atoms with van der Waals surface area (Å²) in [6.07, 6.45) is -4.54. The predicted molar refractivity (Wildman–Crippen MR) is 64.0 cm³/mol. The van der Waals surface area contributed by atoms with E-state index >= 15 is 0 Å². The van der Waals surface area contributed by atoms with Gasteiger partial charge in [-0.2, -0.15) is 22.5 Å². The molecule has 5 nitrogen and oxygen atoms in total. The van der Waals surface area contributed by atoms with Crippen LogP contribution in [0.15, 0.2) is 16.9 Å². The average Bonchev–Trinajstić information content (AvgIpc) is 2.73. The maximum absolute atomic E-state index is 12.3. The van der Waals surface area contributed by atoms with Crippen LogP contribution in [0.3, 0.4) is 0 Å². The monoisotopic (exact) mass is 290 g/mol. The van der Waals surface area contributed by atoms with E-state index in [2.05, 4.69) is 19.7 Å². The second kappa shape index (κ2) is 5.00. The molecule has 0 spiro atoms. The number of alkyl halides is 3. The fourth-order valence-electron chi connectivity index (χ4n) is 1.44. The number of aryl methyl sites for hydroxylation is 1. The summed E-state index contributed by atoms with van der Waals surface area (Å²) in [7, 11) is 0. The lowest BCUT2D eigenvalue weighted by Crippen LogP contribution is -2.10. The van der Waals surface area contributed by atoms with Gasteiger partial charge in [-0.3, -0.25) is 4.79 Å². The molecule has 2 aromatic heterocycles. The Balaban J connectivity index is 2.06. The molecule has 0 unspecified atom stereocenters. The summed E-state index contributed by atoms with van der Waals surface area (Å²) in [5.41, 5.74) is 1.08. The molecule has 0 atom stereocenters. The maximum atomic E-state index is 12.3. The van der Waals surface area contributed by atoms with Crippen molar-refractivity contribution in [1.82, 2.24) is 14.3 Å². The molecule has 2 rings (SSSR count). The molecule has 0 saturated heterocycles. The molecule has 0 bridgehead atoms. The van der Waals surface area contributed by atoms with Gasteiger partial charge in [0.05, 0.1) is 0 Å². The van der Waals surface area contributed by atoms with Crippen LogP contribution in [0.1, 0.15) is 17.1 Å². The second-order valence-corrected chi connectivity index (χ2v) is 4.56. The van der Waals surface area contributed by atoms with Crippen molar-refractivity contribution in [3.05, 3.63) is 39.6 Å². The van der Waals surface area contributed by atoms with Crippen LogP contribution in [-0.2, 0) is 12.7 Å². The Morgan fingerprint density at radius 1 is 1.42 bits per heavy atom. The molecular weight excluding hydrogens is 281 g/mol. The molecule has 2 N–H and O–H groups in total. The minimum absolute atomic E-state index is 0.0604. The number of aromatic amines is 1. The first kappa shape index (κ1) is 13.5. The molecule has 9 heteroatoms. The highest BCUT2D eigenvalue weighted by Crippen LogP contribution is 2.28. The Labute approximate surface area is 109 Å². The number of H-pyrrole nitrogens is 1. The van der Waals surface area contributed by atoms with Crippen LogP contribution >= 0.6 is 11.5 Å². The van der Waals surface area contributed by atoms with E-state index in [0.717, 1.165) is 0 Å². The molecule has 2 aromatic rings. The Morgan fingerprint density at radius 2 is 2.16 bits per heavy atom. The largest absolute Gasteiger partial charge is 0.452 e. The third-order valence-corrected chi connectivity index (χ3v) is 2.83. The molecule has 0 aliphatic heterocycles. The van der Waals surface area contributed by atoms with Crippen molar-refractivity contribution in [2.24, 2.45) is 0 Å². The number of anilines is 1.